The van der Waals surface area contributed by atoms with Crippen LogP contribution in [0.4, 0.5) is 0 Å². The summed E-state index contributed by atoms with van der Waals surface area (Å²) < 4.78 is 5.17. The second kappa shape index (κ2) is 15.7. The molecule has 1 unspecified atom stereocenters. The molecule has 0 heterocycles. The molecule has 5 heteroatoms. The maximum Gasteiger partial charge on any atom is -0.147 e. The third-order valence-electron chi connectivity index (χ3n) is 10.7. The zero-order valence-corrected chi connectivity index (χ0v) is 38.3. The number of rotatable bonds is 5. The summed E-state index contributed by atoms with van der Waals surface area (Å²) in [6.45, 7) is 38.6. The van der Waals surface area contributed by atoms with E-state index in [9.17, 15) is 0 Å². The first kappa shape index (κ1) is 45.0. The Hall–Kier alpha value is -1.06. The van der Waals surface area contributed by atoms with Crippen LogP contribution in [0.5, 0.6) is 0 Å². The summed E-state index contributed by atoms with van der Waals surface area (Å²) in [4.78, 5) is 0. The summed E-state index contributed by atoms with van der Waals surface area (Å²) in [6, 6.07) is 27.5. The van der Waals surface area contributed by atoms with Gasteiger partial charge in [0.1, 0.15) is 0 Å². The molecule has 266 valence electrons. The zero-order chi connectivity index (χ0) is 33.9. The second-order valence-electron chi connectivity index (χ2n) is 18.2. The molecule has 0 radical (unpaired) electrons. The number of allylic oxidation sites excluding steroid dienone is 4. The molecule has 4 rings (SSSR count). The molecular formula is C43H65Cl3SiTi. The molecule has 48 heavy (non-hydrogen) atoms. The van der Waals surface area contributed by atoms with Crippen molar-refractivity contribution in [3.05, 3.63) is 110 Å². The molecule has 0 spiro atoms. The fourth-order valence-electron chi connectivity index (χ4n) is 7.21. The molecule has 0 aromatic heterocycles. The maximum atomic E-state index is 2.70. The Bertz CT molecular complexity index is 1500. The molecule has 0 bridgehead atoms. The molecule has 1 aliphatic rings. The Morgan fingerprint density at radius 1 is 0.500 bits per heavy atom. The van der Waals surface area contributed by atoms with Crippen LogP contribution in [0.1, 0.15) is 133 Å². The van der Waals surface area contributed by atoms with Gasteiger partial charge in [0.25, 0.3) is 0 Å². The summed E-state index contributed by atoms with van der Waals surface area (Å²) >= 11 is -3.34. The summed E-state index contributed by atoms with van der Waals surface area (Å²) in [7, 11) is -0.775. The molecule has 0 amide bonds. The minimum Gasteiger partial charge on any atom is -0.147 e. The average molecular weight is 764 g/mol. The Kier molecular flexibility index (Phi) is 14.7. The predicted molar refractivity (Wildman–Crippen MR) is 224 cm³/mol. The Morgan fingerprint density at radius 2 is 0.833 bits per heavy atom. The average Bonchev–Trinajstić information content (AvgIpc) is 3.12. The van der Waals surface area contributed by atoms with Crippen LogP contribution < -0.4 is 12.9 Å². The van der Waals surface area contributed by atoms with Gasteiger partial charge >= 0.3 is 284 Å². The van der Waals surface area contributed by atoms with E-state index in [1.165, 1.54) is 27.8 Å². The normalized spacial score (nSPS) is 16.2. The van der Waals surface area contributed by atoms with Crippen LogP contribution in [0.25, 0.3) is 0 Å². The van der Waals surface area contributed by atoms with Gasteiger partial charge < -0.3 is 0 Å². The second-order valence-corrected chi connectivity index (χ2v) is 30.9. The minimum absolute atomic E-state index is 0. The topological polar surface area (TPSA) is 0 Å². The molecular weight excluding hydrogens is 699 g/mol. The van der Waals surface area contributed by atoms with Crippen LogP contribution in [0.15, 0.2) is 87.3 Å². The smallest absolute Gasteiger partial charge is 0.147 e. The number of hydrogen-bond acceptors (Lipinski definition) is 0. The fraction of sp³-hybridized carbons (Fsp3) is 0.488. The molecule has 0 aliphatic heterocycles. The van der Waals surface area contributed by atoms with Gasteiger partial charge in [-0.05, 0) is 0 Å². The molecule has 0 N–H and O–H groups in total. The van der Waals surface area contributed by atoms with Crippen LogP contribution in [-0.4, -0.2) is 7.39 Å². The van der Waals surface area contributed by atoms with Crippen LogP contribution >= 0.6 is 37.2 Å². The van der Waals surface area contributed by atoms with Gasteiger partial charge in [-0.15, -0.1) is 37.2 Å². The van der Waals surface area contributed by atoms with Crippen molar-refractivity contribution in [3.8, 4) is 0 Å². The van der Waals surface area contributed by atoms with Crippen molar-refractivity contribution in [1.82, 2.24) is 0 Å². The van der Waals surface area contributed by atoms with Gasteiger partial charge in [0.2, 0.25) is 0 Å². The summed E-state index contributed by atoms with van der Waals surface area (Å²) in [5, 5.41) is 1.60. The number of hydrogen-bond donors (Lipinski definition) is 0. The summed E-state index contributed by atoms with van der Waals surface area (Å²) in [6.07, 6.45) is 0. The van der Waals surface area contributed by atoms with E-state index in [1.807, 2.05) is 3.88 Å². The summed E-state index contributed by atoms with van der Waals surface area (Å²) in [5.74, 6) is 0.467. The fourth-order valence-corrected chi connectivity index (χ4v) is 26.5. The van der Waals surface area contributed by atoms with Crippen molar-refractivity contribution in [2.75, 3.05) is 0 Å². The SMILES string of the molecule is CC1=C(C)C(C)[C]([Ti]([SiH2]c2ccccc2)([c]2cc(C(C)(C)C)cc(C(C)(C)C)c2)[c]2cc(C(C)(C)C)cc(C(C)(C)C)c2)=C1C.Cl.Cl.Cl. The van der Waals surface area contributed by atoms with Crippen molar-refractivity contribution < 1.29 is 15.8 Å². The van der Waals surface area contributed by atoms with Gasteiger partial charge in [-0.1, -0.05) is 0 Å². The van der Waals surface area contributed by atoms with E-state index in [1.54, 1.807) is 24.1 Å². The van der Waals surface area contributed by atoms with Crippen molar-refractivity contribution in [1.29, 1.82) is 0 Å². The van der Waals surface area contributed by atoms with E-state index in [0.29, 0.717) is 5.92 Å². The van der Waals surface area contributed by atoms with E-state index >= 15 is 0 Å². The first-order valence-corrected chi connectivity index (χ1v) is 24.3. The van der Waals surface area contributed by atoms with Gasteiger partial charge in [0, 0.05) is 0 Å². The van der Waals surface area contributed by atoms with E-state index in [0.717, 1.165) is 0 Å². The van der Waals surface area contributed by atoms with E-state index < -0.39 is 23.2 Å². The Balaban J connectivity index is 0.00000384. The molecule has 0 nitrogen and oxygen atoms in total. The first-order chi connectivity index (χ1) is 20.5. The largest absolute Gasteiger partial charge is 0.147 e. The van der Waals surface area contributed by atoms with Crippen LogP contribution in [-0.2, 0) is 37.5 Å². The van der Waals surface area contributed by atoms with E-state index in [-0.39, 0.29) is 58.9 Å². The number of halogens is 3. The first-order valence-electron chi connectivity index (χ1n) is 17.2. The summed E-state index contributed by atoms with van der Waals surface area (Å²) in [5.41, 5.74) is 10.9. The predicted octanol–water partition coefficient (Wildman–Crippen LogP) is 10.9. The molecule has 1 atom stereocenters. The zero-order valence-electron chi connectivity index (χ0n) is 32.9. The molecule has 0 saturated heterocycles. The van der Waals surface area contributed by atoms with Crippen molar-refractivity contribution in [2.45, 2.75) is 132 Å². The molecule has 1 aliphatic carbocycles. The maximum absolute atomic E-state index is 3.34. The Morgan fingerprint density at radius 3 is 1.10 bits per heavy atom. The Labute approximate surface area is 319 Å². The third kappa shape index (κ3) is 9.05. The molecule has 3 aromatic carbocycles. The standard InChI is InChI=1S/2C14H21.C9H13.C6H7Si.3ClH.Ti/c2*1-13(2,3)11-8-7-9-12(10-11)14(4,5)6;1-6-5-7(2)9(4)8(6)3;7-6-4-2-1-3-5-6;;;;/h2*8-10H,1-6H3;6H,1-4H3;1-5H,7H2;3*1H;. The monoisotopic (exact) mass is 762 g/mol. The van der Waals surface area contributed by atoms with Crippen LogP contribution in [0.2, 0.25) is 0 Å². The molecule has 0 fully saturated rings. The van der Waals surface area contributed by atoms with E-state index in [4.69, 9.17) is 0 Å². The van der Waals surface area contributed by atoms with Gasteiger partial charge in [0.15, 0.2) is 0 Å². The van der Waals surface area contributed by atoms with E-state index in [2.05, 4.69) is 178 Å². The third-order valence-corrected chi connectivity index (χ3v) is 28.1. The van der Waals surface area contributed by atoms with Crippen molar-refractivity contribution in [2.24, 2.45) is 5.92 Å². The quantitative estimate of drug-likeness (QED) is 0.227. The van der Waals surface area contributed by atoms with Crippen molar-refractivity contribution >= 4 is 57.5 Å². The number of benzene rings is 3. The van der Waals surface area contributed by atoms with Crippen LogP contribution in [0, 0.1) is 5.92 Å². The van der Waals surface area contributed by atoms with Gasteiger partial charge in [-0.25, -0.2) is 0 Å². The van der Waals surface area contributed by atoms with Gasteiger partial charge in [-0.2, -0.15) is 0 Å². The minimum atomic E-state index is -3.34. The van der Waals surface area contributed by atoms with Gasteiger partial charge in [-0.3, -0.25) is 0 Å². The molecule has 3 aromatic rings. The van der Waals surface area contributed by atoms with Crippen LogP contribution in [0.3, 0.4) is 0 Å². The van der Waals surface area contributed by atoms with Gasteiger partial charge in [0.05, 0.1) is 0 Å². The van der Waals surface area contributed by atoms with Crippen molar-refractivity contribution in [3.63, 3.8) is 0 Å². The molecule has 0 saturated carbocycles.